The second kappa shape index (κ2) is 8.20. The van der Waals surface area contributed by atoms with Gasteiger partial charge in [0.1, 0.15) is 22.8 Å². The molecule has 2 amide bonds. The normalized spacial score (nSPS) is 14.7. The fourth-order valence-corrected chi connectivity index (χ4v) is 3.35. The van der Waals surface area contributed by atoms with Gasteiger partial charge in [0.05, 0.1) is 29.4 Å². The van der Waals surface area contributed by atoms with Crippen LogP contribution in [0, 0.1) is 17.0 Å². The van der Waals surface area contributed by atoms with E-state index in [1.807, 2.05) is 6.92 Å². The van der Waals surface area contributed by atoms with Crippen LogP contribution in [0.2, 0.25) is 5.02 Å². The predicted molar refractivity (Wildman–Crippen MR) is 117 cm³/mol. The third kappa shape index (κ3) is 3.81. The predicted octanol–water partition coefficient (Wildman–Crippen LogP) is 4.29. The molecule has 1 fully saturated rings. The highest BCUT2D eigenvalue weighted by molar-refractivity contribution is 6.33. The van der Waals surface area contributed by atoms with Gasteiger partial charge in [0.25, 0.3) is 17.5 Å². The van der Waals surface area contributed by atoms with Crippen LogP contribution < -0.4 is 15.2 Å². The number of benzene rings is 2. The second-order valence-corrected chi connectivity index (χ2v) is 7.32. The maximum atomic E-state index is 12.8. The minimum Gasteiger partial charge on any atom is -0.497 e. The average Bonchev–Trinajstić information content (AvgIpc) is 3.35. The summed E-state index contributed by atoms with van der Waals surface area (Å²) in [6.07, 6.45) is 1.28. The van der Waals surface area contributed by atoms with E-state index in [0.29, 0.717) is 16.5 Å². The number of nitrogens with zero attached hydrogens (tertiary/aromatic N) is 2. The van der Waals surface area contributed by atoms with Crippen LogP contribution in [0.1, 0.15) is 11.3 Å². The number of anilines is 1. The number of hydrazine groups is 1. The van der Waals surface area contributed by atoms with Crippen molar-refractivity contribution < 1.29 is 23.7 Å². The molecule has 1 saturated heterocycles. The number of nitrogens with one attached hydrogen (secondary N) is 1. The van der Waals surface area contributed by atoms with Crippen molar-refractivity contribution in [3.05, 3.63) is 80.6 Å². The van der Waals surface area contributed by atoms with Crippen molar-refractivity contribution in [3.63, 3.8) is 0 Å². The maximum Gasteiger partial charge on any atom is 0.284 e. The number of carbonyl (C=O) groups is 2. The Balaban J connectivity index is 1.65. The largest absolute Gasteiger partial charge is 0.497 e. The first-order valence-electron chi connectivity index (χ1n) is 9.34. The number of carbonyl (C=O) groups excluding carboxylic acids is 2. The van der Waals surface area contributed by atoms with Gasteiger partial charge >= 0.3 is 0 Å². The Morgan fingerprint density at radius 2 is 1.94 bits per heavy atom. The van der Waals surface area contributed by atoms with Gasteiger partial charge in [-0.25, -0.2) is 5.01 Å². The zero-order valence-corrected chi connectivity index (χ0v) is 17.7. The van der Waals surface area contributed by atoms with E-state index in [1.165, 1.54) is 37.5 Å². The Morgan fingerprint density at radius 3 is 2.62 bits per heavy atom. The van der Waals surface area contributed by atoms with E-state index >= 15 is 0 Å². The SMILES string of the molecule is COc1ccc(-c2ccc(/C=C3/C(=O)NN(c4ccc(C)c(Cl)c4)C3=O)o2)c([N+](=O)[O-])c1. The second-order valence-electron chi connectivity index (χ2n) is 6.92. The third-order valence-electron chi connectivity index (χ3n) is 4.89. The number of hydrogen-bond donors (Lipinski definition) is 1. The van der Waals surface area contributed by atoms with Gasteiger partial charge in [-0.05, 0) is 55.0 Å². The van der Waals surface area contributed by atoms with Crippen LogP contribution in [0.25, 0.3) is 17.4 Å². The number of furan rings is 1. The monoisotopic (exact) mass is 453 g/mol. The molecule has 1 aromatic heterocycles. The Bertz CT molecular complexity index is 1300. The molecule has 0 atom stereocenters. The quantitative estimate of drug-likeness (QED) is 0.267. The van der Waals surface area contributed by atoms with Gasteiger partial charge in [-0.1, -0.05) is 17.7 Å². The molecule has 9 nitrogen and oxygen atoms in total. The summed E-state index contributed by atoms with van der Waals surface area (Å²) < 4.78 is 10.7. The van der Waals surface area contributed by atoms with E-state index in [9.17, 15) is 19.7 Å². The Hall–Kier alpha value is -4.11. The Kier molecular flexibility index (Phi) is 5.41. The maximum absolute atomic E-state index is 12.8. The highest BCUT2D eigenvalue weighted by Gasteiger charge is 2.35. The molecule has 1 aliphatic heterocycles. The molecule has 32 heavy (non-hydrogen) atoms. The number of halogens is 1. The molecule has 0 spiro atoms. The third-order valence-corrected chi connectivity index (χ3v) is 5.29. The smallest absolute Gasteiger partial charge is 0.284 e. The number of nitro benzene ring substituents is 1. The van der Waals surface area contributed by atoms with E-state index in [1.54, 1.807) is 24.3 Å². The first-order chi connectivity index (χ1) is 15.3. The molecular formula is C22H16ClN3O6. The molecule has 162 valence electrons. The number of hydrogen-bond acceptors (Lipinski definition) is 6. The van der Waals surface area contributed by atoms with Gasteiger partial charge < -0.3 is 9.15 Å². The number of rotatable bonds is 5. The number of methoxy groups -OCH3 is 1. The summed E-state index contributed by atoms with van der Waals surface area (Å²) in [7, 11) is 1.41. The zero-order chi connectivity index (χ0) is 23.0. The molecule has 0 unspecified atom stereocenters. The fraction of sp³-hybridized carbons (Fsp3) is 0.0909. The van der Waals surface area contributed by atoms with E-state index in [2.05, 4.69) is 5.43 Å². The van der Waals surface area contributed by atoms with Gasteiger partial charge in [0, 0.05) is 5.02 Å². The number of ether oxygens (including phenoxy) is 1. The van der Waals surface area contributed by atoms with Crippen LogP contribution in [0.15, 0.2) is 58.5 Å². The van der Waals surface area contributed by atoms with Gasteiger partial charge in [-0.2, -0.15) is 0 Å². The minimum absolute atomic E-state index is 0.146. The van der Waals surface area contributed by atoms with Crippen molar-refractivity contribution in [1.29, 1.82) is 0 Å². The van der Waals surface area contributed by atoms with E-state index in [4.69, 9.17) is 20.8 Å². The lowest BCUT2D eigenvalue weighted by atomic mass is 10.1. The van der Waals surface area contributed by atoms with Crippen molar-refractivity contribution in [1.82, 2.24) is 5.43 Å². The summed E-state index contributed by atoms with van der Waals surface area (Å²) in [5.74, 6) is -0.464. The lowest BCUT2D eigenvalue weighted by Crippen LogP contribution is -2.35. The van der Waals surface area contributed by atoms with E-state index in [0.717, 1.165) is 10.6 Å². The summed E-state index contributed by atoms with van der Waals surface area (Å²) in [5.41, 5.74) is 3.62. The van der Waals surface area contributed by atoms with Crippen molar-refractivity contribution in [2.24, 2.45) is 0 Å². The van der Waals surface area contributed by atoms with Crippen LogP contribution in [-0.2, 0) is 9.59 Å². The first kappa shape index (κ1) is 21.1. The molecule has 0 saturated carbocycles. The van der Waals surface area contributed by atoms with Gasteiger partial charge in [0.2, 0.25) is 0 Å². The fourth-order valence-electron chi connectivity index (χ4n) is 3.18. The molecular weight excluding hydrogens is 438 g/mol. The average molecular weight is 454 g/mol. The summed E-state index contributed by atoms with van der Waals surface area (Å²) in [6.45, 7) is 1.82. The molecule has 2 heterocycles. The van der Waals surface area contributed by atoms with Crippen LogP contribution in [0.5, 0.6) is 5.75 Å². The van der Waals surface area contributed by atoms with E-state index in [-0.39, 0.29) is 28.3 Å². The molecule has 0 bridgehead atoms. The van der Waals surface area contributed by atoms with Crippen molar-refractivity contribution in [2.45, 2.75) is 6.92 Å². The Labute approximate surface area is 187 Å². The molecule has 1 aliphatic rings. The van der Waals surface area contributed by atoms with Crippen LogP contribution in [-0.4, -0.2) is 23.8 Å². The Morgan fingerprint density at radius 1 is 1.16 bits per heavy atom. The minimum atomic E-state index is -0.611. The molecule has 10 heteroatoms. The summed E-state index contributed by atoms with van der Waals surface area (Å²) in [4.78, 5) is 36.1. The van der Waals surface area contributed by atoms with Crippen molar-refractivity contribution in [3.8, 4) is 17.1 Å². The van der Waals surface area contributed by atoms with Crippen LogP contribution >= 0.6 is 11.6 Å². The van der Waals surface area contributed by atoms with Crippen molar-refractivity contribution in [2.75, 3.05) is 12.1 Å². The summed E-state index contributed by atoms with van der Waals surface area (Å²) >= 11 is 6.12. The van der Waals surface area contributed by atoms with Gasteiger partial charge in [-0.3, -0.25) is 25.1 Å². The van der Waals surface area contributed by atoms with Gasteiger partial charge in [-0.15, -0.1) is 0 Å². The van der Waals surface area contributed by atoms with Gasteiger partial charge in [0.15, 0.2) is 0 Å². The molecule has 1 N–H and O–H groups in total. The zero-order valence-electron chi connectivity index (χ0n) is 16.9. The molecule has 0 aliphatic carbocycles. The first-order valence-corrected chi connectivity index (χ1v) is 9.72. The number of nitro groups is 1. The standard InChI is InChI=1S/C22H16ClN3O6/c1-12-3-4-13(9-18(12)23)25-22(28)17(21(27)24-25)10-15-6-8-20(32-15)16-7-5-14(31-2)11-19(16)26(29)30/h3-11H,1-2H3,(H,24,27)/b17-10-. The molecule has 2 aromatic carbocycles. The lowest BCUT2D eigenvalue weighted by molar-refractivity contribution is -0.384. The van der Waals surface area contributed by atoms with E-state index < -0.39 is 16.7 Å². The lowest BCUT2D eigenvalue weighted by Gasteiger charge is -2.15. The summed E-state index contributed by atoms with van der Waals surface area (Å²) in [5, 5.41) is 13.0. The van der Waals surface area contributed by atoms with Crippen molar-refractivity contribution >= 4 is 40.9 Å². The van der Waals surface area contributed by atoms with Crippen LogP contribution in [0.4, 0.5) is 11.4 Å². The molecule has 4 rings (SSSR count). The molecule has 0 radical (unpaired) electrons. The summed E-state index contributed by atoms with van der Waals surface area (Å²) in [6, 6.07) is 12.4. The topological polar surface area (TPSA) is 115 Å². The highest BCUT2D eigenvalue weighted by Crippen LogP contribution is 2.35. The highest BCUT2D eigenvalue weighted by atomic mass is 35.5. The number of aryl methyl sites for hydroxylation is 1. The van der Waals surface area contributed by atoms with Crippen LogP contribution in [0.3, 0.4) is 0 Å². The number of amides is 2. The molecule has 3 aromatic rings.